The van der Waals surface area contributed by atoms with E-state index < -0.39 is 58.1 Å². The Balaban J connectivity index is 1.56. The minimum atomic E-state index is -1.53. The first-order valence-electron chi connectivity index (χ1n) is 13.4. The van der Waals surface area contributed by atoms with Crippen LogP contribution in [0.3, 0.4) is 0 Å². The van der Waals surface area contributed by atoms with Crippen LogP contribution in [0.5, 0.6) is 5.75 Å². The van der Waals surface area contributed by atoms with Crippen molar-refractivity contribution in [2.75, 3.05) is 4.90 Å². The summed E-state index contributed by atoms with van der Waals surface area (Å²) >= 11 is 6.27. The number of benzene rings is 3. The normalized spacial score (nSPS) is 24.7. The van der Waals surface area contributed by atoms with E-state index in [-0.39, 0.29) is 13.0 Å². The third kappa shape index (κ3) is 3.35. The van der Waals surface area contributed by atoms with Gasteiger partial charge < -0.3 is 5.11 Å². The highest BCUT2D eigenvalue weighted by Crippen LogP contribution is 2.62. The number of halogens is 2. The van der Waals surface area contributed by atoms with E-state index in [4.69, 9.17) is 11.6 Å². The molecule has 0 radical (unpaired) electrons. The van der Waals surface area contributed by atoms with Gasteiger partial charge >= 0.3 is 11.4 Å². The average Bonchev–Trinajstić information content (AvgIpc) is 3.35. The first-order valence-corrected chi connectivity index (χ1v) is 13.8. The molecule has 1 saturated heterocycles. The SMILES string of the molecule is Cn1c(=O)n2n(c1=O)[C@@H]1C[C@H]3C(=O)N(c4cccc(Cl)c4)C(=O)[C@@]3(c3ccccc3)[C@@H](c3ccc(O)c(F)c3)C1=CC2. The van der Waals surface area contributed by atoms with E-state index in [1.807, 2.05) is 0 Å². The number of imide groups is 1. The van der Waals surface area contributed by atoms with E-state index in [1.165, 1.54) is 40.7 Å². The molecule has 4 atom stereocenters. The van der Waals surface area contributed by atoms with Gasteiger partial charge in [0.05, 0.1) is 29.6 Å². The third-order valence-electron chi connectivity index (χ3n) is 8.93. The zero-order chi connectivity index (χ0) is 29.5. The molecular formula is C31H24ClFN4O5. The van der Waals surface area contributed by atoms with Crippen molar-refractivity contribution in [3.8, 4) is 5.75 Å². The molecule has 2 fully saturated rings. The number of nitrogens with zero attached hydrogens (tertiary/aromatic N) is 4. The molecule has 1 aliphatic carbocycles. The lowest BCUT2D eigenvalue weighted by Crippen LogP contribution is -2.53. The van der Waals surface area contributed by atoms with Crippen molar-refractivity contribution in [1.29, 1.82) is 0 Å². The summed E-state index contributed by atoms with van der Waals surface area (Å²) in [6.07, 6.45) is 1.84. The van der Waals surface area contributed by atoms with E-state index in [2.05, 4.69) is 0 Å². The molecule has 1 aromatic heterocycles. The smallest absolute Gasteiger partial charge is 0.347 e. The van der Waals surface area contributed by atoms with Gasteiger partial charge in [-0.1, -0.05) is 60.1 Å². The van der Waals surface area contributed by atoms with Crippen molar-refractivity contribution >= 4 is 29.1 Å². The Kier molecular flexibility index (Phi) is 5.71. The van der Waals surface area contributed by atoms with E-state index in [1.54, 1.807) is 54.6 Å². The molecule has 0 spiro atoms. The summed E-state index contributed by atoms with van der Waals surface area (Å²) in [5, 5.41) is 10.4. The molecule has 0 unspecified atom stereocenters. The number of allylic oxidation sites excluding steroid dienone is 2. The quantitative estimate of drug-likeness (QED) is 0.291. The molecule has 11 heteroatoms. The van der Waals surface area contributed by atoms with Crippen LogP contribution in [0.1, 0.15) is 29.5 Å². The Labute approximate surface area is 243 Å². The molecule has 212 valence electrons. The Morgan fingerprint density at radius 2 is 1.71 bits per heavy atom. The fourth-order valence-electron chi connectivity index (χ4n) is 7.19. The number of carbonyl (C=O) groups is 2. The summed E-state index contributed by atoms with van der Waals surface area (Å²) in [5.41, 5.74) is -0.778. The minimum absolute atomic E-state index is 0.0444. The molecule has 1 N–H and O–H groups in total. The van der Waals surface area contributed by atoms with Gasteiger partial charge in [0, 0.05) is 18.0 Å². The van der Waals surface area contributed by atoms with Crippen molar-refractivity contribution in [2.45, 2.75) is 30.3 Å². The van der Waals surface area contributed by atoms with Crippen LogP contribution in [0.25, 0.3) is 0 Å². The van der Waals surface area contributed by atoms with Crippen molar-refractivity contribution in [1.82, 2.24) is 13.9 Å². The Bertz CT molecular complexity index is 1960. The maximum absolute atomic E-state index is 15.0. The van der Waals surface area contributed by atoms with Gasteiger partial charge in [-0.05, 0) is 53.5 Å². The van der Waals surface area contributed by atoms with Crippen LogP contribution in [0.4, 0.5) is 10.1 Å². The number of aromatic nitrogens is 3. The number of anilines is 1. The van der Waals surface area contributed by atoms with E-state index in [0.717, 1.165) is 9.47 Å². The number of aromatic hydroxyl groups is 1. The molecule has 3 heterocycles. The highest BCUT2D eigenvalue weighted by molar-refractivity contribution is 6.32. The molecule has 4 aromatic rings. The van der Waals surface area contributed by atoms with E-state index in [0.29, 0.717) is 27.4 Å². The van der Waals surface area contributed by atoms with Crippen LogP contribution in [-0.4, -0.2) is 30.9 Å². The maximum Gasteiger partial charge on any atom is 0.347 e. The fraction of sp³-hybridized carbons (Fsp3) is 0.226. The number of hydrogen-bond acceptors (Lipinski definition) is 5. The predicted molar refractivity (Wildman–Crippen MR) is 152 cm³/mol. The first kappa shape index (κ1) is 26.2. The molecule has 1 saturated carbocycles. The zero-order valence-corrected chi connectivity index (χ0v) is 23.0. The lowest BCUT2D eigenvalue weighted by molar-refractivity contribution is -0.124. The van der Waals surface area contributed by atoms with E-state index >= 15 is 0 Å². The molecule has 0 bridgehead atoms. The fourth-order valence-corrected chi connectivity index (χ4v) is 7.38. The van der Waals surface area contributed by atoms with Crippen molar-refractivity contribution < 1.29 is 19.1 Å². The van der Waals surface area contributed by atoms with Gasteiger partial charge in [0.2, 0.25) is 11.8 Å². The molecule has 3 aliphatic rings. The van der Waals surface area contributed by atoms with Crippen LogP contribution >= 0.6 is 11.6 Å². The number of phenolic OH excluding ortho intramolecular Hbond substituents is 1. The van der Waals surface area contributed by atoms with Crippen LogP contribution in [0.2, 0.25) is 5.02 Å². The molecule has 2 aliphatic heterocycles. The van der Waals surface area contributed by atoms with Gasteiger partial charge in [0.1, 0.15) is 0 Å². The number of rotatable bonds is 3. The number of fused-ring (bicyclic) bond motifs is 4. The predicted octanol–water partition coefficient (Wildman–Crippen LogP) is 3.64. The van der Waals surface area contributed by atoms with Gasteiger partial charge in [-0.25, -0.2) is 32.8 Å². The number of phenols is 1. The highest BCUT2D eigenvalue weighted by atomic mass is 35.5. The van der Waals surface area contributed by atoms with Crippen LogP contribution in [0, 0.1) is 11.7 Å². The van der Waals surface area contributed by atoms with Crippen molar-refractivity contribution in [2.24, 2.45) is 13.0 Å². The third-order valence-corrected chi connectivity index (χ3v) is 9.16. The summed E-state index contributed by atoms with van der Waals surface area (Å²) in [6.45, 7) is 0.0491. The first-order chi connectivity index (χ1) is 20.2. The summed E-state index contributed by atoms with van der Waals surface area (Å²) in [6, 6.07) is 18.5. The van der Waals surface area contributed by atoms with Crippen LogP contribution < -0.4 is 16.3 Å². The van der Waals surface area contributed by atoms with E-state index in [9.17, 15) is 28.7 Å². The Hall–Kier alpha value is -4.70. The lowest BCUT2D eigenvalue weighted by atomic mass is 9.53. The van der Waals surface area contributed by atoms with Gasteiger partial charge in [0.25, 0.3) is 0 Å². The molecular weight excluding hydrogens is 563 g/mol. The lowest BCUT2D eigenvalue weighted by Gasteiger charge is -2.49. The second-order valence-corrected chi connectivity index (χ2v) is 11.3. The van der Waals surface area contributed by atoms with Gasteiger partial charge in [0.15, 0.2) is 11.6 Å². The largest absolute Gasteiger partial charge is 0.505 e. The Morgan fingerprint density at radius 1 is 0.952 bits per heavy atom. The molecule has 7 rings (SSSR count). The number of carbonyl (C=O) groups excluding carboxylic acids is 2. The molecule has 3 aromatic carbocycles. The topological polar surface area (TPSA) is 107 Å². The molecule has 42 heavy (non-hydrogen) atoms. The van der Waals surface area contributed by atoms with Gasteiger partial charge in [-0.15, -0.1) is 0 Å². The standard InChI is InChI=1S/C31H24ClFN4O5/c1-34-29(41)35-13-12-21-24(37(35)30(34)42)16-22-27(39)36(20-9-5-8-19(32)15-20)28(40)31(22,18-6-3-2-4-7-18)26(21)17-10-11-25(38)23(33)14-17/h2-12,14-15,22,24,26,38H,13,16H2,1H3/t22-,24+,26-,31+/m0/s1. The summed E-state index contributed by atoms with van der Waals surface area (Å²) < 4.78 is 18.7. The minimum Gasteiger partial charge on any atom is -0.505 e. The van der Waals surface area contributed by atoms with Crippen molar-refractivity contribution in [3.63, 3.8) is 0 Å². The highest BCUT2D eigenvalue weighted by Gasteiger charge is 2.68. The van der Waals surface area contributed by atoms with Crippen LogP contribution in [-0.2, 0) is 28.6 Å². The molecule has 9 nitrogen and oxygen atoms in total. The zero-order valence-electron chi connectivity index (χ0n) is 22.3. The van der Waals surface area contributed by atoms with Gasteiger partial charge in [-0.2, -0.15) is 0 Å². The monoisotopic (exact) mass is 586 g/mol. The number of amides is 2. The average molecular weight is 587 g/mol. The summed E-state index contributed by atoms with van der Waals surface area (Å²) in [4.78, 5) is 56.8. The summed E-state index contributed by atoms with van der Waals surface area (Å²) in [7, 11) is 1.39. The molecule has 2 amide bonds. The Morgan fingerprint density at radius 3 is 2.43 bits per heavy atom. The van der Waals surface area contributed by atoms with Crippen LogP contribution in [0.15, 0.2) is 94.0 Å². The number of hydrogen-bond donors (Lipinski definition) is 1. The second-order valence-electron chi connectivity index (χ2n) is 10.9. The maximum atomic E-state index is 15.0. The van der Waals surface area contributed by atoms with Gasteiger partial charge in [-0.3, -0.25) is 9.59 Å². The second kappa shape index (κ2) is 9.15. The summed E-state index contributed by atoms with van der Waals surface area (Å²) in [5.74, 6) is -4.36. The van der Waals surface area contributed by atoms with Crippen molar-refractivity contribution in [3.05, 3.63) is 127 Å².